The maximum Gasteiger partial charge on any atom is 0.280 e. The van der Waals surface area contributed by atoms with E-state index in [1.807, 2.05) is 13.0 Å². The molecule has 34 heavy (non-hydrogen) atoms. The Labute approximate surface area is 199 Å². The summed E-state index contributed by atoms with van der Waals surface area (Å²) in [6.07, 6.45) is 3.22. The van der Waals surface area contributed by atoms with Gasteiger partial charge in [-0.25, -0.2) is 4.98 Å². The number of carbonyl (C=O) groups excluding carboxylic acids is 1. The zero-order chi connectivity index (χ0) is 23.8. The van der Waals surface area contributed by atoms with Gasteiger partial charge in [-0.2, -0.15) is 10.3 Å². The van der Waals surface area contributed by atoms with Crippen LogP contribution < -0.4 is 11.0 Å². The van der Waals surface area contributed by atoms with Gasteiger partial charge < -0.3 is 9.30 Å². The lowest BCUT2D eigenvalue weighted by molar-refractivity contribution is 0.0952. The van der Waals surface area contributed by atoms with Gasteiger partial charge in [0.05, 0.1) is 34.2 Å². The molecule has 0 bridgehead atoms. The number of hydrogen-bond donors (Lipinski definition) is 0. The molecule has 1 amide bonds. The van der Waals surface area contributed by atoms with Crippen molar-refractivity contribution in [1.82, 2.24) is 14.0 Å². The molecule has 1 aliphatic rings. The minimum absolute atomic E-state index is 0.0948. The molecular formula is C25H20ClN5O3. The highest BCUT2D eigenvalue weighted by Gasteiger charge is 2.21. The molecule has 3 aromatic heterocycles. The van der Waals surface area contributed by atoms with E-state index in [0.717, 1.165) is 18.4 Å². The maximum atomic E-state index is 13.4. The molecule has 0 N–H and O–H groups in total. The number of hydrogen-bond acceptors (Lipinski definition) is 5. The third-order valence-electron chi connectivity index (χ3n) is 5.95. The zero-order valence-electron chi connectivity index (χ0n) is 18.4. The van der Waals surface area contributed by atoms with Crippen LogP contribution in [0.3, 0.4) is 0 Å². The predicted octanol–water partition coefficient (Wildman–Crippen LogP) is 3.40. The van der Waals surface area contributed by atoms with Crippen molar-refractivity contribution in [3.63, 3.8) is 0 Å². The summed E-state index contributed by atoms with van der Waals surface area (Å²) in [7, 11) is 0. The second-order valence-electron chi connectivity index (χ2n) is 8.17. The molecule has 1 atom stereocenters. The first-order valence-corrected chi connectivity index (χ1v) is 11.3. The third kappa shape index (κ3) is 3.79. The molecule has 0 radical (unpaired) electrons. The summed E-state index contributed by atoms with van der Waals surface area (Å²) in [5.41, 5.74) is 1.80. The standard InChI is InChI=1S/C25H20ClN5O3/c1-15-6-4-10-30-21(15)28-23-19(25(30)33)12-16(13-27)22(31(23)14-17-7-5-11-34-17)29-24(32)18-8-2-3-9-20(18)26/h2-4,6,8-10,12,17H,5,7,11,14H2,1H3/t17-/m0/s1. The molecule has 1 aliphatic heterocycles. The lowest BCUT2D eigenvalue weighted by Crippen LogP contribution is -2.33. The Hall–Kier alpha value is -3.80. The number of amides is 1. The fourth-order valence-electron chi connectivity index (χ4n) is 4.25. The van der Waals surface area contributed by atoms with Crippen LogP contribution in [0.1, 0.15) is 34.3 Å². The van der Waals surface area contributed by atoms with Gasteiger partial charge in [0.15, 0.2) is 5.49 Å². The van der Waals surface area contributed by atoms with Crippen LogP contribution in [0.25, 0.3) is 16.7 Å². The number of ether oxygens (including phenoxy) is 1. The molecule has 170 valence electrons. The average molecular weight is 474 g/mol. The molecule has 4 aromatic rings. The normalized spacial score (nSPS) is 16.3. The molecule has 0 aliphatic carbocycles. The van der Waals surface area contributed by atoms with E-state index in [2.05, 4.69) is 11.1 Å². The van der Waals surface area contributed by atoms with Gasteiger partial charge in [-0.3, -0.25) is 14.0 Å². The molecule has 4 heterocycles. The van der Waals surface area contributed by atoms with Crippen molar-refractivity contribution in [1.29, 1.82) is 5.26 Å². The molecule has 9 heteroatoms. The molecule has 5 rings (SSSR count). The number of benzene rings is 1. The van der Waals surface area contributed by atoms with Crippen molar-refractivity contribution in [2.75, 3.05) is 6.61 Å². The van der Waals surface area contributed by atoms with E-state index < -0.39 is 5.91 Å². The summed E-state index contributed by atoms with van der Waals surface area (Å²) in [4.78, 5) is 35.5. The van der Waals surface area contributed by atoms with Gasteiger partial charge in [0.1, 0.15) is 17.4 Å². The average Bonchev–Trinajstić information content (AvgIpc) is 3.35. The van der Waals surface area contributed by atoms with Crippen LogP contribution in [-0.4, -0.2) is 32.6 Å². The number of rotatable bonds is 3. The van der Waals surface area contributed by atoms with Crippen LogP contribution in [0.5, 0.6) is 0 Å². The van der Waals surface area contributed by atoms with Crippen molar-refractivity contribution in [2.45, 2.75) is 32.4 Å². The highest BCUT2D eigenvalue weighted by Crippen LogP contribution is 2.19. The Kier molecular flexibility index (Phi) is 5.74. The van der Waals surface area contributed by atoms with E-state index in [-0.39, 0.29) is 38.7 Å². The quantitative estimate of drug-likeness (QED) is 0.424. The number of aryl methyl sites for hydroxylation is 1. The van der Waals surface area contributed by atoms with Crippen molar-refractivity contribution < 1.29 is 9.53 Å². The third-order valence-corrected chi connectivity index (χ3v) is 6.28. The van der Waals surface area contributed by atoms with E-state index >= 15 is 0 Å². The monoisotopic (exact) mass is 473 g/mol. The number of nitriles is 1. The molecule has 0 spiro atoms. The maximum absolute atomic E-state index is 13.4. The molecule has 0 saturated carbocycles. The highest BCUT2D eigenvalue weighted by atomic mass is 35.5. The largest absolute Gasteiger partial charge is 0.376 e. The molecule has 1 fully saturated rings. The van der Waals surface area contributed by atoms with Crippen LogP contribution in [0.2, 0.25) is 5.02 Å². The van der Waals surface area contributed by atoms with Gasteiger partial charge in [-0.05, 0) is 49.6 Å². The number of carbonyl (C=O) groups is 1. The van der Waals surface area contributed by atoms with Crippen LogP contribution in [0.4, 0.5) is 0 Å². The molecule has 0 unspecified atom stereocenters. The summed E-state index contributed by atoms with van der Waals surface area (Å²) in [6.45, 7) is 2.80. The lowest BCUT2D eigenvalue weighted by atomic mass is 10.2. The smallest absolute Gasteiger partial charge is 0.280 e. The van der Waals surface area contributed by atoms with Crippen molar-refractivity contribution in [3.8, 4) is 6.07 Å². The summed E-state index contributed by atoms with van der Waals surface area (Å²) < 4.78 is 8.94. The van der Waals surface area contributed by atoms with Crippen LogP contribution in [-0.2, 0) is 11.3 Å². The van der Waals surface area contributed by atoms with Gasteiger partial charge in [-0.1, -0.05) is 29.8 Å². The first-order chi connectivity index (χ1) is 16.5. The van der Waals surface area contributed by atoms with Crippen molar-refractivity contribution >= 4 is 34.2 Å². The Bertz CT molecular complexity index is 1620. The fraction of sp³-hybridized carbons (Fsp3) is 0.240. The Balaban J connectivity index is 1.86. The summed E-state index contributed by atoms with van der Waals surface area (Å²) in [6, 6.07) is 13.8. The van der Waals surface area contributed by atoms with E-state index in [4.69, 9.17) is 21.3 Å². The fourth-order valence-corrected chi connectivity index (χ4v) is 4.46. The SMILES string of the molecule is Cc1cccn2c(=O)c3cc(C#N)c(=NC(=O)c4ccccc4Cl)n(C[C@@H]4CCCO4)c3nc12. The molecule has 1 saturated heterocycles. The predicted molar refractivity (Wildman–Crippen MR) is 127 cm³/mol. The van der Waals surface area contributed by atoms with Gasteiger partial charge >= 0.3 is 0 Å². The van der Waals surface area contributed by atoms with E-state index in [9.17, 15) is 14.9 Å². The number of aromatic nitrogens is 3. The second-order valence-corrected chi connectivity index (χ2v) is 8.58. The topological polar surface area (TPSA) is 102 Å². The second kappa shape index (κ2) is 8.86. The van der Waals surface area contributed by atoms with Gasteiger partial charge in [0.2, 0.25) is 0 Å². The minimum Gasteiger partial charge on any atom is -0.376 e. The van der Waals surface area contributed by atoms with E-state index in [1.54, 1.807) is 41.1 Å². The first kappa shape index (κ1) is 22.0. The van der Waals surface area contributed by atoms with Gasteiger partial charge in [0.25, 0.3) is 11.5 Å². The molecule has 8 nitrogen and oxygen atoms in total. The minimum atomic E-state index is -0.587. The van der Waals surface area contributed by atoms with Crippen molar-refractivity contribution in [2.24, 2.45) is 4.99 Å². The zero-order valence-corrected chi connectivity index (χ0v) is 19.1. The van der Waals surface area contributed by atoms with Crippen LogP contribution >= 0.6 is 11.6 Å². The Morgan fingerprint density at radius 2 is 2.12 bits per heavy atom. The summed E-state index contributed by atoms with van der Waals surface area (Å²) in [5, 5.41) is 10.5. The van der Waals surface area contributed by atoms with Crippen molar-refractivity contribution in [3.05, 3.63) is 86.2 Å². The summed E-state index contributed by atoms with van der Waals surface area (Å²) >= 11 is 6.21. The van der Waals surface area contributed by atoms with E-state index in [1.165, 1.54) is 10.5 Å². The number of nitrogens with zero attached hydrogens (tertiary/aromatic N) is 5. The highest BCUT2D eigenvalue weighted by molar-refractivity contribution is 6.33. The Morgan fingerprint density at radius 3 is 2.85 bits per heavy atom. The molecular weight excluding hydrogens is 454 g/mol. The van der Waals surface area contributed by atoms with Gasteiger partial charge in [0, 0.05) is 12.8 Å². The first-order valence-electron chi connectivity index (χ1n) is 10.9. The summed E-state index contributed by atoms with van der Waals surface area (Å²) in [5.74, 6) is -0.587. The Morgan fingerprint density at radius 1 is 1.29 bits per heavy atom. The number of pyridine rings is 2. The van der Waals surface area contributed by atoms with Crippen LogP contribution in [0, 0.1) is 18.3 Å². The number of fused-ring (bicyclic) bond motifs is 2. The van der Waals surface area contributed by atoms with Crippen LogP contribution in [0.15, 0.2) is 58.4 Å². The lowest BCUT2D eigenvalue weighted by Gasteiger charge is -2.17. The van der Waals surface area contributed by atoms with Gasteiger partial charge in [-0.15, -0.1) is 0 Å². The number of halogens is 1. The molecule has 1 aromatic carbocycles. The van der Waals surface area contributed by atoms with E-state index in [0.29, 0.717) is 24.4 Å².